The highest BCUT2D eigenvalue weighted by molar-refractivity contribution is 7.90. The molecule has 8 rings (SSSR count). The number of primary sulfonamides is 1. The SMILES string of the molecule is CC(C)(C)CCOc1ccn(-c2ccc(C(=O)NS(=O)(=O)c3cccc(NCCC[C@@H]4CCC(C)(C)C4)n3)c(Cl)n2)n1.CC(C)(C)CCOc1ccn(-c2ccc(C(=O)OC(C)(C)C)c(Cl)n2)n1.CC1(C)CC[C@@H](CCCNc2cccc(S(N)(=O)=O)n2)C1. The summed E-state index contributed by atoms with van der Waals surface area (Å²) in [5, 5.41) is 19.7. The topological polar surface area (TPSA) is 279 Å². The van der Waals surface area contributed by atoms with Crippen molar-refractivity contribution in [1.29, 1.82) is 0 Å². The van der Waals surface area contributed by atoms with Gasteiger partial charge in [-0.05, 0) is 180 Å². The van der Waals surface area contributed by atoms with Gasteiger partial charge in [0.2, 0.25) is 11.8 Å². The van der Waals surface area contributed by atoms with Crippen LogP contribution in [0.2, 0.25) is 10.3 Å². The number of aromatic nitrogens is 8. The molecule has 2 fully saturated rings. The summed E-state index contributed by atoms with van der Waals surface area (Å²) in [4.78, 5) is 41.7. The van der Waals surface area contributed by atoms with Crippen molar-refractivity contribution in [3.8, 4) is 23.4 Å². The highest BCUT2D eigenvalue weighted by Crippen LogP contribution is 2.43. The Morgan fingerprint density at radius 1 is 0.618 bits per heavy atom. The molecule has 0 bridgehead atoms. The Morgan fingerprint density at radius 3 is 1.46 bits per heavy atom. The van der Waals surface area contributed by atoms with Crippen LogP contribution in [0.15, 0.2) is 95.2 Å². The Morgan fingerprint density at radius 2 is 1.06 bits per heavy atom. The van der Waals surface area contributed by atoms with Crippen molar-refractivity contribution in [3.63, 3.8) is 0 Å². The molecule has 25 heteroatoms. The standard InChI is InChI=1S/C30H41ClN6O4S.C19H26ClN3O3.C15H25N3O2S/c1-29(2,3)16-19-41-25-14-18-37(35-25)24-12-11-22(27(31)34-24)28(38)36-42(39,40)26-10-6-9-23(33-26)32-17-7-8-21-13-15-30(4,5)20-21;1-18(2,3)10-12-25-15-9-11-23(22-15)14-8-7-13(16(20)21-14)17(24)26-19(4,5)6;1-15(2)9-8-12(11-15)5-4-10-17-13-6-3-7-14(18-13)21(16,19)20/h6,9-12,14,18,21H,7-8,13,15-17,19-20H2,1-5H3,(H,32,33)(H,36,38);7-9,11H,10,12H2,1-6H3;3,6-7,12H,4-5,8-11H2,1-2H3,(H,17,18)(H2,16,19,20)/t21-;;12-/m1.1/s1. The van der Waals surface area contributed by atoms with Gasteiger partial charge in [0, 0.05) is 37.6 Å². The maximum absolute atomic E-state index is 13.0. The van der Waals surface area contributed by atoms with E-state index in [4.69, 9.17) is 42.6 Å². The molecule has 0 aliphatic heterocycles. The van der Waals surface area contributed by atoms with Gasteiger partial charge in [-0.25, -0.2) is 52.4 Å². The van der Waals surface area contributed by atoms with Gasteiger partial charge >= 0.3 is 5.97 Å². The molecule has 2 atom stereocenters. The maximum Gasteiger partial charge on any atom is 0.341 e. The van der Waals surface area contributed by atoms with Crippen LogP contribution in [-0.4, -0.2) is 100 Å². The third kappa shape index (κ3) is 24.4. The van der Waals surface area contributed by atoms with Gasteiger partial charge in [-0.2, -0.15) is 8.42 Å². The number of amides is 1. The molecule has 0 aromatic carbocycles. The minimum Gasteiger partial charge on any atom is -0.477 e. The number of anilines is 2. The first-order valence-electron chi connectivity index (χ1n) is 30.4. The van der Waals surface area contributed by atoms with Gasteiger partial charge in [-0.3, -0.25) is 4.79 Å². The first-order valence-corrected chi connectivity index (χ1v) is 34.2. The lowest BCUT2D eigenvalue weighted by atomic mass is 9.89. The zero-order chi connectivity index (χ0) is 65.6. The summed E-state index contributed by atoms with van der Waals surface area (Å²) in [6, 6.07) is 19.1. The van der Waals surface area contributed by atoms with Crippen LogP contribution in [-0.2, 0) is 24.8 Å². The van der Waals surface area contributed by atoms with Crippen LogP contribution in [0, 0.1) is 33.5 Å². The fourth-order valence-electron chi connectivity index (χ4n) is 10.1. The van der Waals surface area contributed by atoms with Gasteiger partial charge in [0.15, 0.2) is 21.7 Å². The lowest BCUT2D eigenvalue weighted by Gasteiger charge is -2.19. The van der Waals surface area contributed by atoms with Gasteiger partial charge < -0.3 is 24.8 Å². The van der Waals surface area contributed by atoms with E-state index >= 15 is 0 Å². The minimum atomic E-state index is -4.25. The van der Waals surface area contributed by atoms with Crippen LogP contribution in [0.1, 0.15) is 188 Å². The fraction of sp³-hybridized carbons (Fsp3) is 0.562. The van der Waals surface area contributed by atoms with Crippen LogP contribution in [0.4, 0.5) is 11.6 Å². The molecule has 6 aromatic heterocycles. The quantitative estimate of drug-likeness (QED) is 0.0263. The average Bonchev–Trinajstić information content (AvgIpc) is 2.39. The van der Waals surface area contributed by atoms with E-state index in [9.17, 15) is 26.4 Å². The molecule has 6 aromatic rings. The average molecular weight is 1310 g/mol. The minimum absolute atomic E-state index is 0.0717. The summed E-state index contributed by atoms with van der Waals surface area (Å²) in [5.41, 5.74) is 0.809. The molecular weight excluding hydrogens is 1220 g/mol. The second-order valence-corrected chi connectivity index (χ2v) is 31.8. The van der Waals surface area contributed by atoms with E-state index in [1.807, 2.05) is 4.72 Å². The first kappa shape index (κ1) is 71.7. The number of carbonyl (C=O) groups is 2. The van der Waals surface area contributed by atoms with Crippen molar-refractivity contribution in [3.05, 3.63) is 107 Å². The highest BCUT2D eigenvalue weighted by atomic mass is 35.5. The molecule has 5 N–H and O–H groups in total. The number of sulfonamides is 2. The number of nitrogens with zero attached hydrogens (tertiary/aromatic N) is 8. The van der Waals surface area contributed by atoms with Crippen molar-refractivity contribution in [2.24, 2.45) is 38.6 Å². The van der Waals surface area contributed by atoms with Crippen LogP contribution in [0.5, 0.6) is 11.8 Å². The summed E-state index contributed by atoms with van der Waals surface area (Å²) in [7, 11) is -7.99. The Hall–Kier alpha value is -6.40. The number of hydrogen-bond donors (Lipinski definition) is 4. The van der Waals surface area contributed by atoms with Gasteiger partial charge in [0.05, 0.1) is 24.3 Å². The Balaban J connectivity index is 0.000000230. The van der Waals surface area contributed by atoms with Crippen LogP contribution in [0.25, 0.3) is 11.6 Å². The summed E-state index contributed by atoms with van der Waals surface area (Å²) in [6.45, 7) is 30.2. The number of rotatable bonds is 23. The van der Waals surface area contributed by atoms with E-state index < -0.39 is 37.5 Å². The normalized spacial score (nSPS) is 16.5. The molecule has 89 heavy (non-hydrogen) atoms. The Bertz CT molecular complexity index is 3560. The van der Waals surface area contributed by atoms with Gasteiger partial charge in [-0.1, -0.05) is 105 Å². The van der Waals surface area contributed by atoms with Crippen LogP contribution < -0.4 is 30.0 Å². The van der Waals surface area contributed by atoms with Crippen LogP contribution in [0.3, 0.4) is 0 Å². The number of carbonyl (C=O) groups excluding carboxylic acids is 2. The predicted molar refractivity (Wildman–Crippen MR) is 349 cm³/mol. The van der Waals surface area contributed by atoms with E-state index in [2.05, 4.69) is 110 Å². The summed E-state index contributed by atoms with van der Waals surface area (Å²) in [6.07, 6.45) is 17.3. The van der Waals surface area contributed by atoms with E-state index in [0.29, 0.717) is 65.6 Å². The molecule has 2 aliphatic rings. The predicted octanol–water partition coefficient (Wildman–Crippen LogP) is 13.7. The third-order valence-electron chi connectivity index (χ3n) is 14.9. The second kappa shape index (κ2) is 30.6. The highest BCUT2D eigenvalue weighted by Gasteiger charge is 2.32. The van der Waals surface area contributed by atoms with Crippen molar-refractivity contribution in [2.75, 3.05) is 36.9 Å². The molecule has 1 amide bonds. The summed E-state index contributed by atoms with van der Waals surface area (Å²) in [5.74, 6) is 2.94. The van der Waals surface area contributed by atoms with Gasteiger partial charge in [0.25, 0.3) is 26.0 Å². The molecular formula is C64H92Cl2N12O9S2. The largest absolute Gasteiger partial charge is 0.477 e. The number of pyridine rings is 4. The van der Waals surface area contributed by atoms with Crippen molar-refractivity contribution in [2.45, 2.75) is 183 Å². The lowest BCUT2D eigenvalue weighted by molar-refractivity contribution is 0.00689. The third-order valence-corrected chi connectivity index (χ3v) is 17.5. The van der Waals surface area contributed by atoms with Crippen molar-refractivity contribution in [1.82, 2.24) is 44.2 Å². The second-order valence-electron chi connectivity index (χ2n) is 27.9. The zero-order valence-electron chi connectivity index (χ0n) is 54.0. The molecule has 0 spiro atoms. The Labute approximate surface area is 536 Å². The molecule has 2 aliphatic carbocycles. The maximum atomic E-state index is 13.0. The van der Waals surface area contributed by atoms with Crippen LogP contribution >= 0.6 is 23.2 Å². The number of esters is 1. The Kier molecular flexibility index (Phi) is 24.6. The molecule has 2 saturated carbocycles. The number of ether oxygens (including phenoxy) is 3. The monoisotopic (exact) mass is 1310 g/mol. The summed E-state index contributed by atoms with van der Waals surface area (Å²) < 4.78 is 70.2. The van der Waals surface area contributed by atoms with Crippen molar-refractivity contribution >= 4 is 66.8 Å². The number of halogens is 2. The van der Waals surface area contributed by atoms with Gasteiger partial charge in [0.1, 0.15) is 27.5 Å². The fourth-order valence-corrected chi connectivity index (χ4v) is 12.0. The number of nitrogens with one attached hydrogen (secondary N) is 3. The van der Waals surface area contributed by atoms with E-state index in [-0.39, 0.29) is 42.3 Å². The van der Waals surface area contributed by atoms with E-state index in [1.54, 1.807) is 86.4 Å². The van der Waals surface area contributed by atoms with E-state index in [0.717, 1.165) is 50.5 Å². The zero-order valence-corrected chi connectivity index (χ0v) is 57.1. The molecule has 0 radical (unpaired) electrons. The van der Waals surface area contributed by atoms with E-state index in [1.165, 1.54) is 73.9 Å². The number of nitrogens with two attached hydrogens (primary N) is 1. The lowest BCUT2D eigenvalue weighted by Crippen LogP contribution is -2.31. The molecule has 0 unspecified atom stereocenters. The summed E-state index contributed by atoms with van der Waals surface area (Å²) >= 11 is 12.4. The number of hydrogen-bond acceptors (Lipinski definition) is 17. The molecule has 488 valence electrons. The molecule has 0 saturated heterocycles. The van der Waals surface area contributed by atoms with Gasteiger partial charge in [-0.15, -0.1) is 10.2 Å². The molecule has 21 nitrogen and oxygen atoms in total. The molecule has 6 heterocycles. The van der Waals surface area contributed by atoms with Crippen molar-refractivity contribution < 1.29 is 40.6 Å². The smallest absolute Gasteiger partial charge is 0.341 e. The first-order chi connectivity index (χ1) is 41.4.